The summed E-state index contributed by atoms with van der Waals surface area (Å²) in [5, 5.41) is 3.07. The lowest BCUT2D eigenvalue weighted by Gasteiger charge is -2.30. The molecule has 0 bridgehead atoms. The summed E-state index contributed by atoms with van der Waals surface area (Å²) in [6, 6.07) is 4.67. The number of rotatable bonds is 4. The summed E-state index contributed by atoms with van der Waals surface area (Å²) in [6.07, 6.45) is -4.41. The van der Waals surface area contributed by atoms with E-state index in [0.29, 0.717) is 0 Å². The van der Waals surface area contributed by atoms with Crippen molar-refractivity contribution in [3.05, 3.63) is 29.8 Å². The van der Waals surface area contributed by atoms with Crippen LogP contribution in [0.15, 0.2) is 29.2 Å². The molecule has 0 amide bonds. The lowest BCUT2D eigenvalue weighted by atomic mass is 9.88. The molecule has 0 fully saturated rings. The molecule has 0 radical (unpaired) electrons. The summed E-state index contributed by atoms with van der Waals surface area (Å²) >= 11 is 0. The summed E-state index contributed by atoms with van der Waals surface area (Å²) in [7, 11) is 0.296. The van der Waals surface area contributed by atoms with Crippen LogP contribution in [-0.4, -0.2) is 23.1 Å². The third-order valence-corrected chi connectivity index (χ3v) is 4.55. The molecule has 0 aliphatic carbocycles. The molecule has 0 spiro atoms. The smallest absolute Gasteiger partial charge is 0.316 e. The summed E-state index contributed by atoms with van der Waals surface area (Å²) in [4.78, 5) is 0.212. The van der Waals surface area contributed by atoms with Gasteiger partial charge < -0.3 is 5.32 Å². The second kappa shape index (κ2) is 6.26. The molecule has 114 valence electrons. The van der Waals surface area contributed by atoms with E-state index >= 15 is 0 Å². The van der Waals surface area contributed by atoms with Crippen molar-refractivity contribution < 1.29 is 17.4 Å². The first kappa shape index (κ1) is 17.2. The topological polar surface area (TPSA) is 29.1 Å². The molecule has 2 nitrogen and oxygen atoms in total. The normalized spacial score (nSPS) is 15.9. The first-order valence-corrected chi connectivity index (χ1v) is 7.60. The molecule has 2 unspecified atom stereocenters. The molecule has 0 aromatic heterocycles. The largest absolute Gasteiger partial charge is 0.416 e. The maximum atomic E-state index is 12.6. The minimum atomic E-state index is -4.41. The third-order valence-electron chi connectivity index (χ3n) is 3.14. The molecule has 0 aliphatic heterocycles. The van der Waals surface area contributed by atoms with Crippen LogP contribution in [0.5, 0.6) is 0 Å². The van der Waals surface area contributed by atoms with E-state index in [9.17, 15) is 17.4 Å². The minimum Gasteiger partial charge on any atom is -0.316 e. The van der Waals surface area contributed by atoms with Gasteiger partial charge in [-0.1, -0.05) is 26.8 Å². The van der Waals surface area contributed by atoms with Crippen LogP contribution in [0.1, 0.15) is 26.3 Å². The van der Waals surface area contributed by atoms with Crippen LogP contribution in [0.2, 0.25) is 0 Å². The average Bonchev–Trinajstić information content (AvgIpc) is 2.33. The van der Waals surface area contributed by atoms with Crippen molar-refractivity contribution in [2.24, 2.45) is 5.41 Å². The van der Waals surface area contributed by atoms with Crippen LogP contribution in [0.4, 0.5) is 13.2 Å². The maximum Gasteiger partial charge on any atom is 0.416 e. The van der Waals surface area contributed by atoms with E-state index in [-0.39, 0.29) is 22.1 Å². The van der Waals surface area contributed by atoms with E-state index in [1.807, 2.05) is 20.8 Å². The van der Waals surface area contributed by atoms with Gasteiger partial charge in [-0.25, -0.2) is 0 Å². The quantitative estimate of drug-likeness (QED) is 0.923. The first-order valence-electron chi connectivity index (χ1n) is 6.28. The van der Waals surface area contributed by atoms with E-state index in [2.05, 4.69) is 5.32 Å². The Bertz CT molecular complexity index is 480. The Kier molecular flexibility index (Phi) is 5.38. The van der Waals surface area contributed by atoms with Gasteiger partial charge in [0, 0.05) is 16.7 Å². The number of hydrogen-bond donors (Lipinski definition) is 1. The fraction of sp³-hybridized carbons (Fsp3) is 0.571. The second-order valence-electron chi connectivity index (χ2n) is 5.75. The van der Waals surface area contributed by atoms with Crippen molar-refractivity contribution in [3.8, 4) is 0 Å². The van der Waals surface area contributed by atoms with Gasteiger partial charge in [-0.15, -0.1) is 0 Å². The Morgan fingerprint density at radius 3 is 2.30 bits per heavy atom. The van der Waals surface area contributed by atoms with Gasteiger partial charge in [0.05, 0.1) is 16.4 Å². The molecular formula is C14H20F3NOS. The highest BCUT2D eigenvalue weighted by molar-refractivity contribution is 7.85. The first-order chi connectivity index (χ1) is 9.05. The van der Waals surface area contributed by atoms with Crippen LogP contribution >= 0.6 is 0 Å². The molecule has 2 atom stereocenters. The molecule has 0 heterocycles. The van der Waals surface area contributed by atoms with Crippen molar-refractivity contribution in [1.82, 2.24) is 5.32 Å². The molecule has 20 heavy (non-hydrogen) atoms. The van der Waals surface area contributed by atoms with E-state index in [1.54, 1.807) is 7.05 Å². The van der Waals surface area contributed by atoms with Crippen LogP contribution in [0, 0.1) is 5.41 Å². The van der Waals surface area contributed by atoms with Crippen molar-refractivity contribution in [1.29, 1.82) is 0 Å². The van der Waals surface area contributed by atoms with E-state index in [4.69, 9.17) is 0 Å². The van der Waals surface area contributed by atoms with Gasteiger partial charge in [0.15, 0.2) is 0 Å². The Balaban J connectivity index is 2.93. The predicted molar refractivity (Wildman–Crippen MR) is 75.0 cm³/mol. The lowest BCUT2D eigenvalue weighted by Crippen LogP contribution is -2.42. The molecule has 1 aromatic rings. The molecule has 0 saturated carbocycles. The van der Waals surface area contributed by atoms with Crippen molar-refractivity contribution in [2.75, 3.05) is 12.8 Å². The number of hydrogen-bond acceptors (Lipinski definition) is 2. The molecule has 1 aromatic carbocycles. The fourth-order valence-corrected chi connectivity index (χ4v) is 3.48. The van der Waals surface area contributed by atoms with Gasteiger partial charge in [0.1, 0.15) is 0 Å². The number of benzene rings is 1. The van der Waals surface area contributed by atoms with E-state index in [0.717, 1.165) is 12.1 Å². The minimum absolute atomic E-state index is 0.0436. The second-order valence-corrected chi connectivity index (χ2v) is 7.24. The Morgan fingerprint density at radius 1 is 1.25 bits per heavy atom. The van der Waals surface area contributed by atoms with Crippen LogP contribution in [0.3, 0.4) is 0 Å². The van der Waals surface area contributed by atoms with Gasteiger partial charge in [-0.3, -0.25) is 4.21 Å². The Labute approximate surface area is 120 Å². The number of alkyl halides is 3. The average molecular weight is 307 g/mol. The highest BCUT2D eigenvalue weighted by Crippen LogP contribution is 2.30. The standard InChI is InChI=1S/C14H20F3NOS/c1-13(2,3)12(18-4)9-20(19)11-7-5-6-10(8-11)14(15,16)17/h5-8,12,18H,9H2,1-4H3. The zero-order valence-electron chi connectivity index (χ0n) is 12.0. The third kappa shape index (κ3) is 4.59. The summed E-state index contributed by atoms with van der Waals surface area (Å²) in [6.45, 7) is 5.99. The van der Waals surface area contributed by atoms with Crippen molar-refractivity contribution in [2.45, 2.75) is 37.9 Å². The molecule has 1 rings (SSSR count). The van der Waals surface area contributed by atoms with Gasteiger partial charge in [0.2, 0.25) is 0 Å². The lowest BCUT2D eigenvalue weighted by molar-refractivity contribution is -0.137. The molecule has 1 N–H and O–H groups in total. The van der Waals surface area contributed by atoms with Crippen molar-refractivity contribution >= 4 is 10.8 Å². The highest BCUT2D eigenvalue weighted by Gasteiger charge is 2.31. The predicted octanol–water partition coefficient (Wildman–Crippen LogP) is 3.45. The Hall–Kier alpha value is -0.880. The van der Waals surface area contributed by atoms with Gasteiger partial charge in [0.25, 0.3) is 0 Å². The van der Waals surface area contributed by atoms with Gasteiger partial charge in [-0.2, -0.15) is 13.2 Å². The monoisotopic (exact) mass is 307 g/mol. The zero-order chi connectivity index (χ0) is 15.6. The van der Waals surface area contributed by atoms with Gasteiger partial charge >= 0.3 is 6.18 Å². The molecular weight excluding hydrogens is 287 g/mol. The van der Waals surface area contributed by atoms with Crippen LogP contribution < -0.4 is 5.32 Å². The summed E-state index contributed by atoms with van der Waals surface area (Å²) in [5.74, 6) is 0.279. The summed E-state index contributed by atoms with van der Waals surface area (Å²) in [5.41, 5.74) is -0.883. The zero-order valence-corrected chi connectivity index (χ0v) is 12.9. The Morgan fingerprint density at radius 2 is 1.85 bits per heavy atom. The summed E-state index contributed by atoms with van der Waals surface area (Å²) < 4.78 is 50.2. The molecule has 0 aliphatic rings. The van der Waals surface area contributed by atoms with E-state index in [1.165, 1.54) is 12.1 Å². The van der Waals surface area contributed by atoms with Gasteiger partial charge in [-0.05, 0) is 30.7 Å². The number of halogens is 3. The molecule has 6 heteroatoms. The van der Waals surface area contributed by atoms with Crippen LogP contribution in [0.25, 0.3) is 0 Å². The fourth-order valence-electron chi connectivity index (χ4n) is 1.83. The SMILES string of the molecule is CNC(CS(=O)c1cccc(C(F)(F)F)c1)C(C)(C)C. The van der Waals surface area contributed by atoms with Crippen molar-refractivity contribution in [3.63, 3.8) is 0 Å². The number of nitrogens with one attached hydrogen (secondary N) is 1. The van der Waals surface area contributed by atoms with Crippen LogP contribution in [-0.2, 0) is 17.0 Å². The molecule has 0 saturated heterocycles. The highest BCUT2D eigenvalue weighted by atomic mass is 32.2. The maximum absolute atomic E-state index is 12.6. The van der Waals surface area contributed by atoms with E-state index < -0.39 is 22.5 Å².